The Balaban J connectivity index is 1.60. The molecule has 0 saturated carbocycles. The normalized spacial score (nSPS) is 16.6. The zero-order valence-electron chi connectivity index (χ0n) is 15.5. The first-order chi connectivity index (χ1) is 13.8. The SMILES string of the molecule is Nc1nccc(-n2cc(C3CCN(CCC(F)(F)F)CC3)c3cnc(Br)cc32)n1. The Morgan fingerprint density at radius 3 is 2.66 bits per heavy atom. The van der Waals surface area contributed by atoms with Crippen molar-refractivity contribution in [2.45, 2.75) is 31.4 Å². The first-order valence-corrected chi connectivity index (χ1v) is 10.1. The van der Waals surface area contributed by atoms with Gasteiger partial charge in [-0.15, -0.1) is 0 Å². The molecule has 0 radical (unpaired) electrons. The molecule has 0 unspecified atom stereocenters. The van der Waals surface area contributed by atoms with Crippen molar-refractivity contribution in [3.63, 3.8) is 0 Å². The number of likely N-dealkylation sites (tertiary alicyclic amines) is 1. The zero-order valence-corrected chi connectivity index (χ0v) is 17.1. The van der Waals surface area contributed by atoms with Crippen LogP contribution in [0.2, 0.25) is 0 Å². The summed E-state index contributed by atoms with van der Waals surface area (Å²) >= 11 is 3.42. The summed E-state index contributed by atoms with van der Waals surface area (Å²) in [4.78, 5) is 14.5. The van der Waals surface area contributed by atoms with Gasteiger partial charge in [0.2, 0.25) is 5.95 Å². The summed E-state index contributed by atoms with van der Waals surface area (Å²) in [5, 5.41) is 1.01. The van der Waals surface area contributed by atoms with E-state index in [1.54, 1.807) is 12.3 Å². The maximum atomic E-state index is 12.5. The molecule has 10 heteroatoms. The van der Waals surface area contributed by atoms with Crippen molar-refractivity contribution >= 4 is 32.8 Å². The fourth-order valence-electron chi connectivity index (χ4n) is 3.89. The third-order valence-corrected chi connectivity index (χ3v) is 5.77. The van der Waals surface area contributed by atoms with Gasteiger partial charge in [-0.05, 0) is 65.5 Å². The van der Waals surface area contributed by atoms with Crippen LogP contribution in [-0.2, 0) is 0 Å². The second kappa shape index (κ2) is 7.91. The number of aromatic nitrogens is 4. The fourth-order valence-corrected chi connectivity index (χ4v) is 4.20. The van der Waals surface area contributed by atoms with Crippen LogP contribution in [0.25, 0.3) is 16.7 Å². The van der Waals surface area contributed by atoms with Gasteiger partial charge in [0.05, 0.1) is 11.9 Å². The Hall–Kier alpha value is -2.20. The van der Waals surface area contributed by atoms with Gasteiger partial charge in [0, 0.05) is 30.5 Å². The van der Waals surface area contributed by atoms with Crippen LogP contribution in [0, 0.1) is 0 Å². The topological polar surface area (TPSA) is 72.9 Å². The molecule has 3 aromatic heterocycles. The number of fused-ring (bicyclic) bond motifs is 1. The second-order valence-corrected chi connectivity index (χ2v) is 8.05. The Morgan fingerprint density at radius 2 is 1.97 bits per heavy atom. The van der Waals surface area contributed by atoms with E-state index >= 15 is 0 Å². The van der Waals surface area contributed by atoms with Crippen LogP contribution in [0.3, 0.4) is 0 Å². The van der Waals surface area contributed by atoms with Gasteiger partial charge in [-0.25, -0.2) is 9.97 Å². The third kappa shape index (κ3) is 4.53. The number of anilines is 1. The van der Waals surface area contributed by atoms with E-state index in [0.717, 1.165) is 29.3 Å². The molecule has 1 aliphatic rings. The lowest BCUT2D eigenvalue weighted by Gasteiger charge is -2.32. The molecular formula is C19H20BrF3N6. The predicted molar refractivity (Wildman–Crippen MR) is 108 cm³/mol. The van der Waals surface area contributed by atoms with E-state index in [2.05, 4.69) is 30.9 Å². The third-order valence-electron chi connectivity index (χ3n) is 5.33. The summed E-state index contributed by atoms with van der Waals surface area (Å²) in [6, 6.07) is 3.71. The number of nitrogen functional groups attached to an aromatic ring is 1. The quantitative estimate of drug-likeness (QED) is 0.578. The van der Waals surface area contributed by atoms with E-state index in [4.69, 9.17) is 5.73 Å². The largest absolute Gasteiger partial charge is 0.390 e. The molecule has 0 spiro atoms. The summed E-state index contributed by atoms with van der Waals surface area (Å²) in [6.07, 6.45) is 2.21. The van der Waals surface area contributed by atoms with Crippen LogP contribution < -0.4 is 5.73 Å². The van der Waals surface area contributed by atoms with Crippen LogP contribution in [0.1, 0.15) is 30.7 Å². The van der Waals surface area contributed by atoms with Crippen molar-refractivity contribution in [1.29, 1.82) is 0 Å². The van der Waals surface area contributed by atoms with Crippen molar-refractivity contribution in [2.75, 3.05) is 25.4 Å². The van der Waals surface area contributed by atoms with Gasteiger partial charge < -0.3 is 15.2 Å². The minimum absolute atomic E-state index is 0.0622. The van der Waals surface area contributed by atoms with Crippen molar-refractivity contribution in [2.24, 2.45) is 0 Å². The lowest BCUT2D eigenvalue weighted by atomic mass is 9.89. The Morgan fingerprint density at radius 1 is 1.21 bits per heavy atom. The fraction of sp³-hybridized carbons (Fsp3) is 0.421. The zero-order chi connectivity index (χ0) is 20.6. The number of hydrogen-bond donors (Lipinski definition) is 1. The van der Waals surface area contributed by atoms with Gasteiger partial charge in [0.1, 0.15) is 10.4 Å². The number of rotatable bonds is 4. The Bertz CT molecular complexity index is 1010. The summed E-state index contributed by atoms with van der Waals surface area (Å²) < 4.78 is 40.1. The standard InChI is InChI=1S/C19H20BrF3N6/c20-16-9-15-13(10-26-16)14(11-29(15)17-1-5-25-18(24)27-17)12-2-6-28(7-3-12)8-4-19(21,22)23/h1,5,9-12H,2-4,6-8H2,(H2,24,25,27). The highest BCUT2D eigenvalue weighted by Gasteiger charge is 2.30. The van der Waals surface area contributed by atoms with E-state index in [-0.39, 0.29) is 18.4 Å². The minimum atomic E-state index is -4.11. The molecule has 4 rings (SSSR count). The lowest BCUT2D eigenvalue weighted by Crippen LogP contribution is -2.35. The number of hydrogen-bond acceptors (Lipinski definition) is 5. The highest BCUT2D eigenvalue weighted by Crippen LogP contribution is 2.36. The maximum Gasteiger partial charge on any atom is 0.390 e. The van der Waals surface area contributed by atoms with E-state index in [1.165, 1.54) is 0 Å². The molecular weight excluding hydrogens is 449 g/mol. The highest BCUT2D eigenvalue weighted by atomic mass is 79.9. The van der Waals surface area contributed by atoms with Gasteiger partial charge >= 0.3 is 6.18 Å². The van der Waals surface area contributed by atoms with E-state index in [0.29, 0.717) is 23.5 Å². The van der Waals surface area contributed by atoms with Gasteiger partial charge in [0.15, 0.2) is 0 Å². The van der Waals surface area contributed by atoms with Gasteiger partial charge in [-0.2, -0.15) is 18.2 Å². The van der Waals surface area contributed by atoms with Crippen LogP contribution in [0.4, 0.5) is 19.1 Å². The summed E-state index contributed by atoms with van der Waals surface area (Å²) in [5.41, 5.74) is 7.83. The summed E-state index contributed by atoms with van der Waals surface area (Å²) in [6.45, 7) is 1.36. The summed E-state index contributed by atoms with van der Waals surface area (Å²) in [5.74, 6) is 1.11. The second-order valence-electron chi connectivity index (χ2n) is 7.23. The van der Waals surface area contributed by atoms with Crippen molar-refractivity contribution < 1.29 is 13.2 Å². The highest BCUT2D eigenvalue weighted by molar-refractivity contribution is 9.10. The molecule has 0 bridgehead atoms. The molecule has 0 aliphatic carbocycles. The molecule has 6 nitrogen and oxygen atoms in total. The maximum absolute atomic E-state index is 12.5. The van der Waals surface area contributed by atoms with Crippen LogP contribution >= 0.6 is 15.9 Å². The number of nitrogens with zero attached hydrogens (tertiary/aromatic N) is 5. The average Bonchev–Trinajstić information content (AvgIpc) is 3.05. The molecule has 0 amide bonds. The van der Waals surface area contributed by atoms with Crippen molar-refractivity contribution in [3.8, 4) is 5.82 Å². The summed E-state index contributed by atoms with van der Waals surface area (Å²) in [7, 11) is 0. The molecule has 29 heavy (non-hydrogen) atoms. The first kappa shape index (κ1) is 20.1. The average molecular weight is 469 g/mol. The Kier molecular flexibility index (Phi) is 5.48. The molecule has 154 valence electrons. The molecule has 3 aromatic rings. The molecule has 1 fully saturated rings. The van der Waals surface area contributed by atoms with Crippen molar-refractivity contribution in [1.82, 2.24) is 24.4 Å². The van der Waals surface area contributed by atoms with Gasteiger partial charge in [-0.3, -0.25) is 0 Å². The monoisotopic (exact) mass is 468 g/mol. The van der Waals surface area contributed by atoms with Crippen molar-refractivity contribution in [3.05, 3.63) is 40.9 Å². The smallest absolute Gasteiger partial charge is 0.368 e. The first-order valence-electron chi connectivity index (χ1n) is 9.34. The van der Waals surface area contributed by atoms with Gasteiger partial charge in [0.25, 0.3) is 0 Å². The number of halogens is 4. The Labute approximate surface area is 174 Å². The van der Waals surface area contributed by atoms with Gasteiger partial charge in [-0.1, -0.05) is 0 Å². The lowest BCUT2D eigenvalue weighted by molar-refractivity contribution is -0.138. The number of piperidine rings is 1. The van der Waals surface area contributed by atoms with E-state index < -0.39 is 12.6 Å². The van der Waals surface area contributed by atoms with E-state index in [9.17, 15) is 13.2 Å². The van der Waals surface area contributed by atoms with E-state index in [1.807, 2.05) is 27.9 Å². The number of alkyl halides is 3. The molecule has 1 saturated heterocycles. The predicted octanol–water partition coefficient (Wildman–Crippen LogP) is 4.29. The molecule has 1 aliphatic heterocycles. The molecule has 4 heterocycles. The molecule has 2 N–H and O–H groups in total. The molecule has 0 atom stereocenters. The van der Waals surface area contributed by atoms with Crippen LogP contribution in [0.15, 0.2) is 35.3 Å². The number of pyridine rings is 1. The molecule has 0 aromatic carbocycles. The minimum Gasteiger partial charge on any atom is -0.368 e. The van der Waals surface area contributed by atoms with Crippen LogP contribution in [0.5, 0.6) is 0 Å². The van der Waals surface area contributed by atoms with Crippen LogP contribution in [-0.4, -0.2) is 50.2 Å². The number of nitrogens with two attached hydrogens (primary N) is 1.